The normalized spacial score (nSPS) is 10.4. The van der Waals surface area contributed by atoms with E-state index in [1.807, 2.05) is 66.7 Å². The van der Waals surface area contributed by atoms with E-state index in [4.69, 9.17) is 9.47 Å². The van der Waals surface area contributed by atoms with Crippen molar-refractivity contribution in [2.45, 2.75) is 19.4 Å². The number of amides is 1. The first-order chi connectivity index (χ1) is 14.7. The molecule has 0 saturated heterocycles. The SMILES string of the molecule is COc1ccc(CNCC(=O)Nc2ccccc2OCCCc2ccccc2)cc1. The lowest BCUT2D eigenvalue weighted by Gasteiger charge is -2.13. The molecule has 0 radical (unpaired) electrons. The number of hydrogen-bond donors (Lipinski definition) is 2. The second-order valence-electron chi connectivity index (χ2n) is 6.93. The molecule has 0 spiro atoms. The summed E-state index contributed by atoms with van der Waals surface area (Å²) in [6.07, 6.45) is 1.88. The van der Waals surface area contributed by atoms with Crippen LogP contribution in [-0.2, 0) is 17.8 Å². The highest BCUT2D eigenvalue weighted by Gasteiger charge is 2.07. The van der Waals surface area contributed by atoms with E-state index < -0.39 is 0 Å². The van der Waals surface area contributed by atoms with Crippen molar-refractivity contribution in [3.63, 3.8) is 0 Å². The van der Waals surface area contributed by atoms with Gasteiger partial charge in [-0.25, -0.2) is 0 Å². The zero-order valence-corrected chi connectivity index (χ0v) is 17.3. The highest BCUT2D eigenvalue weighted by Crippen LogP contribution is 2.24. The molecule has 0 atom stereocenters. The van der Waals surface area contributed by atoms with E-state index >= 15 is 0 Å². The van der Waals surface area contributed by atoms with Crippen LogP contribution in [0.4, 0.5) is 5.69 Å². The number of aryl methyl sites for hydroxylation is 1. The lowest BCUT2D eigenvalue weighted by Crippen LogP contribution is -2.27. The van der Waals surface area contributed by atoms with Gasteiger partial charge in [-0.15, -0.1) is 0 Å². The van der Waals surface area contributed by atoms with Crippen molar-refractivity contribution in [1.29, 1.82) is 0 Å². The van der Waals surface area contributed by atoms with Crippen molar-refractivity contribution in [2.24, 2.45) is 0 Å². The third-order valence-electron chi connectivity index (χ3n) is 4.65. The molecule has 30 heavy (non-hydrogen) atoms. The molecule has 3 aromatic rings. The number of para-hydroxylation sites is 2. The highest BCUT2D eigenvalue weighted by atomic mass is 16.5. The number of ether oxygens (including phenoxy) is 2. The van der Waals surface area contributed by atoms with Gasteiger partial charge in [0.2, 0.25) is 5.91 Å². The fraction of sp³-hybridized carbons (Fsp3) is 0.240. The summed E-state index contributed by atoms with van der Waals surface area (Å²) in [5, 5.41) is 6.08. The smallest absolute Gasteiger partial charge is 0.238 e. The Morgan fingerprint density at radius 3 is 2.37 bits per heavy atom. The van der Waals surface area contributed by atoms with Crippen molar-refractivity contribution >= 4 is 11.6 Å². The van der Waals surface area contributed by atoms with E-state index in [-0.39, 0.29) is 12.5 Å². The summed E-state index contributed by atoms with van der Waals surface area (Å²) in [7, 11) is 1.64. The second kappa shape index (κ2) is 11.6. The van der Waals surface area contributed by atoms with Crippen molar-refractivity contribution in [2.75, 3.05) is 25.6 Å². The molecule has 2 N–H and O–H groups in total. The van der Waals surface area contributed by atoms with Crippen LogP contribution >= 0.6 is 0 Å². The quantitative estimate of drug-likeness (QED) is 0.464. The van der Waals surface area contributed by atoms with Crippen LogP contribution in [0, 0.1) is 0 Å². The monoisotopic (exact) mass is 404 g/mol. The molecule has 0 bridgehead atoms. The van der Waals surface area contributed by atoms with Gasteiger partial charge in [0.25, 0.3) is 0 Å². The van der Waals surface area contributed by atoms with Crippen LogP contribution in [0.1, 0.15) is 17.5 Å². The van der Waals surface area contributed by atoms with E-state index in [1.54, 1.807) is 7.11 Å². The number of hydrogen-bond acceptors (Lipinski definition) is 4. The molecule has 0 aliphatic rings. The number of methoxy groups -OCH3 is 1. The molecular weight excluding hydrogens is 376 g/mol. The number of anilines is 1. The van der Waals surface area contributed by atoms with Gasteiger partial charge in [0.05, 0.1) is 25.9 Å². The molecule has 5 nitrogen and oxygen atoms in total. The Morgan fingerprint density at radius 1 is 0.867 bits per heavy atom. The Balaban J connectivity index is 1.42. The van der Waals surface area contributed by atoms with E-state index in [0.717, 1.165) is 24.2 Å². The predicted octanol–water partition coefficient (Wildman–Crippen LogP) is 4.44. The summed E-state index contributed by atoms with van der Waals surface area (Å²) in [4.78, 5) is 12.3. The minimum absolute atomic E-state index is 0.108. The third-order valence-corrected chi connectivity index (χ3v) is 4.65. The summed E-state index contributed by atoms with van der Waals surface area (Å²) in [6, 6.07) is 25.6. The fourth-order valence-corrected chi connectivity index (χ4v) is 3.06. The van der Waals surface area contributed by atoms with Crippen LogP contribution < -0.4 is 20.1 Å². The van der Waals surface area contributed by atoms with Crippen LogP contribution in [0.3, 0.4) is 0 Å². The van der Waals surface area contributed by atoms with Gasteiger partial charge in [-0.2, -0.15) is 0 Å². The van der Waals surface area contributed by atoms with Gasteiger partial charge in [0, 0.05) is 6.54 Å². The average molecular weight is 405 g/mol. The first-order valence-electron chi connectivity index (χ1n) is 10.1. The molecule has 0 heterocycles. The lowest BCUT2D eigenvalue weighted by molar-refractivity contribution is -0.115. The number of rotatable bonds is 11. The Hall–Kier alpha value is -3.31. The summed E-state index contributed by atoms with van der Waals surface area (Å²) in [5.74, 6) is 1.40. The minimum atomic E-state index is -0.108. The predicted molar refractivity (Wildman–Crippen MR) is 120 cm³/mol. The Kier molecular flexibility index (Phi) is 8.30. The van der Waals surface area contributed by atoms with Crippen molar-refractivity contribution in [1.82, 2.24) is 5.32 Å². The number of carbonyl (C=O) groups is 1. The van der Waals surface area contributed by atoms with E-state index in [1.165, 1.54) is 5.56 Å². The van der Waals surface area contributed by atoms with Gasteiger partial charge in [0.1, 0.15) is 11.5 Å². The Morgan fingerprint density at radius 2 is 1.60 bits per heavy atom. The van der Waals surface area contributed by atoms with Gasteiger partial charge in [-0.3, -0.25) is 4.79 Å². The zero-order chi connectivity index (χ0) is 21.0. The summed E-state index contributed by atoms with van der Waals surface area (Å²) >= 11 is 0. The molecule has 0 unspecified atom stereocenters. The molecule has 1 amide bonds. The maximum absolute atomic E-state index is 12.3. The topological polar surface area (TPSA) is 59.6 Å². The molecule has 0 aliphatic carbocycles. The standard InChI is InChI=1S/C25H28N2O3/c1-29-22-15-13-21(14-16-22)18-26-19-25(28)27-23-11-5-6-12-24(23)30-17-7-10-20-8-3-2-4-9-20/h2-6,8-9,11-16,26H,7,10,17-19H2,1H3,(H,27,28). The molecule has 156 valence electrons. The maximum Gasteiger partial charge on any atom is 0.238 e. The van der Waals surface area contributed by atoms with Crippen LogP contribution in [0.2, 0.25) is 0 Å². The van der Waals surface area contributed by atoms with Crippen LogP contribution in [0.15, 0.2) is 78.9 Å². The molecule has 0 aliphatic heterocycles. The lowest BCUT2D eigenvalue weighted by atomic mass is 10.1. The first kappa shape index (κ1) is 21.4. The van der Waals surface area contributed by atoms with Gasteiger partial charge < -0.3 is 20.1 Å². The number of carbonyl (C=O) groups excluding carboxylic acids is 1. The molecule has 5 heteroatoms. The van der Waals surface area contributed by atoms with Crippen LogP contribution in [-0.4, -0.2) is 26.2 Å². The van der Waals surface area contributed by atoms with Crippen molar-refractivity contribution in [3.05, 3.63) is 90.0 Å². The molecular formula is C25H28N2O3. The molecule has 0 saturated carbocycles. The summed E-state index contributed by atoms with van der Waals surface area (Å²) in [5.41, 5.74) is 3.07. The highest BCUT2D eigenvalue weighted by molar-refractivity contribution is 5.93. The van der Waals surface area contributed by atoms with Gasteiger partial charge >= 0.3 is 0 Å². The summed E-state index contributed by atoms with van der Waals surface area (Å²) in [6.45, 7) is 1.42. The van der Waals surface area contributed by atoms with Gasteiger partial charge in [-0.05, 0) is 48.2 Å². The number of nitrogens with one attached hydrogen (secondary N) is 2. The first-order valence-corrected chi connectivity index (χ1v) is 10.1. The van der Waals surface area contributed by atoms with Crippen LogP contribution in [0.5, 0.6) is 11.5 Å². The summed E-state index contributed by atoms with van der Waals surface area (Å²) < 4.78 is 11.1. The minimum Gasteiger partial charge on any atom is -0.497 e. The van der Waals surface area contributed by atoms with Crippen LogP contribution in [0.25, 0.3) is 0 Å². The average Bonchev–Trinajstić information content (AvgIpc) is 2.79. The Bertz CT molecular complexity index is 911. The van der Waals surface area contributed by atoms with Crippen molar-refractivity contribution in [3.8, 4) is 11.5 Å². The van der Waals surface area contributed by atoms with E-state index in [2.05, 4.69) is 22.8 Å². The van der Waals surface area contributed by atoms with Gasteiger partial charge in [-0.1, -0.05) is 54.6 Å². The second-order valence-corrected chi connectivity index (χ2v) is 6.93. The van der Waals surface area contributed by atoms with E-state index in [0.29, 0.717) is 24.6 Å². The molecule has 0 aromatic heterocycles. The van der Waals surface area contributed by atoms with E-state index in [9.17, 15) is 4.79 Å². The maximum atomic E-state index is 12.3. The largest absolute Gasteiger partial charge is 0.497 e. The van der Waals surface area contributed by atoms with Gasteiger partial charge in [0.15, 0.2) is 0 Å². The number of benzene rings is 3. The zero-order valence-electron chi connectivity index (χ0n) is 17.3. The molecule has 3 rings (SSSR count). The fourth-order valence-electron chi connectivity index (χ4n) is 3.06. The third kappa shape index (κ3) is 6.94. The molecule has 3 aromatic carbocycles. The Labute approximate surface area is 178 Å². The molecule has 0 fully saturated rings. The van der Waals surface area contributed by atoms with Crippen molar-refractivity contribution < 1.29 is 14.3 Å².